The molecular formula is C46H34N4O. The Hall–Kier alpha value is -6.77. The van der Waals surface area contributed by atoms with Crippen molar-refractivity contribution in [2.45, 2.75) is 18.3 Å². The van der Waals surface area contributed by atoms with Crippen LogP contribution in [0.1, 0.15) is 35.1 Å². The van der Waals surface area contributed by atoms with Gasteiger partial charge >= 0.3 is 0 Å². The van der Waals surface area contributed by atoms with E-state index >= 15 is 0 Å². The monoisotopic (exact) mass is 658 g/mol. The second-order valence-corrected chi connectivity index (χ2v) is 12.5. The van der Waals surface area contributed by atoms with Crippen LogP contribution in [-0.4, -0.2) is 20.1 Å². The zero-order chi connectivity index (χ0) is 34.6. The maximum absolute atomic E-state index is 11.7. The Morgan fingerprint density at radius 1 is 0.706 bits per heavy atom. The Kier molecular flexibility index (Phi) is 8.41. The summed E-state index contributed by atoms with van der Waals surface area (Å²) in [5.41, 5.74) is 9.28. The Balaban J connectivity index is 1.42. The minimum Gasteiger partial charge on any atom is -0.508 e. The van der Waals surface area contributed by atoms with Crippen molar-refractivity contribution in [1.29, 1.82) is 0 Å². The van der Waals surface area contributed by atoms with Gasteiger partial charge in [0.05, 0.1) is 11.1 Å². The van der Waals surface area contributed by atoms with E-state index in [0.717, 1.165) is 56.6 Å². The molecule has 5 nitrogen and oxygen atoms in total. The van der Waals surface area contributed by atoms with E-state index < -0.39 is 5.41 Å². The summed E-state index contributed by atoms with van der Waals surface area (Å²) in [6.07, 6.45) is 21.0. The highest BCUT2D eigenvalue weighted by atomic mass is 16.3. The van der Waals surface area contributed by atoms with Crippen molar-refractivity contribution < 1.29 is 5.11 Å². The molecule has 244 valence electrons. The van der Waals surface area contributed by atoms with Crippen molar-refractivity contribution in [2.24, 2.45) is 0 Å². The molecule has 5 aromatic carbocycles. The van der Waals surface area contributed by atoms with Gasteiger partial charge in [-0.15, -0.1) is 6.42 Å². The van der Waals surface area contributed by atoms with E-state index in [1.807, 2.05) is 91.0 Å². The first kappa shape index (κ1) is 31.5. The van der Waals surface area contributed by atoms with Gasteiger partial charge in [-0.3, -0.25) is 0 Å². The normalized spacial score (nSPS) is 15.9. The van der Waals surface area contributed by atoms with Gasteiger partial charge in [0.2, 0.25) is 5.95 Å². The third kappa shape index (κ3) is 5.73. The Labute approximate surface area is 298 Å². The van der Waals surface area contributed by atoms with Gasteiger partial charge in [0, 0.05) is 22.3 Å². The fourth-order valence-electron chi connectivity index (χ4n) is 7.39. The quantitative estimate of drug-likeness (QED) is 0.120. The zero-order valence-corrected chi connectivity index (χ0v) is 27.9. The molecule has 2 aliphatic carbocycles. The number of aromatic nitrogens is 3. The molecule has 2 N–H and O–H groups in total. The van der Waals surface area contributed by atoms with E-state index in [4.69, 9.17) is 21.4 Å². The summed E-state index contributed by atoms with van der Waals surface area (Å²) >= 11 is 0. The first-order valence-corrected chi connectivity index (χ1v) is 17.0. The predicted octanol–water partition coefficient (Wildman–Crippen LogP) is 10.4. The molecule has 2 aliphatic rings. The third-order valence-electron chi connectivity index (χ3n) is 9.59. The molecule has 6 aromatic rings. The number of hydrogen-bond donors (Lipinski definition) is 2. The third-order valence-corrected chi connectivity index (χ3v) is 9.59. The Bertz CT molecular complexity index is 2360. The summed E-state index contributed by atoms with van der Waals surface area (Å²) < 4.78 is 0. The summed E-state index contributed by atoms with van der Waals surface area (Å²) in [5, 5.41) is 15.5. The van der Waals surface area contributed by atoms with E-state index in [1.165, 1.54) is 5.57 Å². The number of allylic oxidation sites excluding steroid dienone is 8. The van der Waals surface area contributed by atoms with Crippen LogP contribution in [0.4, 0.5) is 11.6 Å². The molecule has 1 unspecified atom stereocenters. The highest BCUT2D eigenvalue weighted by Crippen LogP contribution is 2.60. The average molecular weight is 659 g/mol. The number of aromatic hydroxyl groups is 1. The lowest BCUT2D eigenvalue weighted by molar-refractivity contribution is 0.454. The molecule has 0 fully saturated rings. The zero-order valence-electron chi connectivity index (χ0n) is 27.9. The molecule has 1 heterocycles. The van der Waals surface area contributed by atoms with E-state index in [1.54, 1.807) is 12.1 Å². The van der Waals surface area contributed by atoms with Crippen molar-refractivity contribution in [3.05, 3.63) is 186 Å². The number of nitrogens with zero attached hydrogens (tertiary/aromatic N) is 3. The van der Waals surface area contributed by atoms with Crippen LogP contribution in [0.25, 0.3) is 39.5 Å². The number of rotatable bonds is 9. The number of terminal acetylenes is 1. The minimum atomic E-state index is -0.778. The van der Waals surface area contributed by atoms with Crippen LogP contribution >= 0.6 is 0 Å². The molecule has 1 aromatic heterocycles. The van der Waals surface area contributed by atoms with Crippen LogP contribution in [-0.2, 0) is 5.41 Å². The molecule has 0 saturated heterocycles. The van der Waals surface area contributed by atoms with Crippen LogP contribution in [0.2, 0.25) is 0 Å². The van der Waals surface area contributed by atoms with E-state index in [0.29, 0.717) is 24.0 Å². The molecule has 0 bridgehead atoms. The standard InChI is InChI=1S/C46H34N4O/c1-2-3-4-5-18-31-46(39-27-16-17-28-40(39)51)38-26-15-14-25-36(38)37-30-29-35(32-19-12-13-20-32)42(41(37)46)47-45-49-43(33-21-8-6-9-22-33)48-44(50-45)34-23-10-7-11-24-34/h1,3-19,21-30,51H,20,31H2,(H,47,48,49,50)/b4-3-,18-5-. The molecule has 5 heteroatoms. The molecular weight excluding hydrogens is 625 g/mol. The fourth-order valence-corrected chi connectivity index (χ4v) is 7.39. The predicted molar refractivity (Wildman–Crippen MR) is 207 cm³/mol. The van der Waals surface area contributed by atoms with Gasteiger partial charge in [-0.2, -0.15) is 9.97 Å². The van der Waals surface area contributed by atoms with Gasteiger partial charge in [0.25, 0.3) is 0 Å². The van der Waals surface area contributed by atoms with Crippen LogP contribution in [0.5, 0.6) is 5.75 Å². The fraction of sp³-hybridized carbons (Fsp3) is 0.0652. The van der Waals surface area contributed by atoms with Gasteiger partial charge in [0.15, 0.2) is 11.6 Å². The summed E-state index contributed by atoms with van der Waals surface area (Å²) in [6, 6.07) is 40.5. The number of hydrogen-bond acceptors (Lipinski definition) is 5. The van der Waals surface area contributed by atoms with Crippen LogP contribution in [0.3, 0.4) is 0 Å². The Morgan fingerprint density at radius 3 is 2.02 bits per heavy atom. The second-order valence-electron chi connectivity index (χ2n) is 12.5. The van der Waals surface area contributed by atoms with Crippen LogP contribution < -0.4 is 5.32 Å². The van der Waals surface area contributed by atoms with Crippen molar-refractivity contribution in [1.82, 2.24) is 15.0 Å². The topological polar surface area (TPSA) is 70.9 Å². The van der Waals surface area contributed by atoms with Gasteiger partial charge in [-0.25, -0.2) is 4.98 Å². The number of benzene rings is 5. The highest BCUT2D eigenvalue weighted by Gasteiger charge is 2.47. The lowest BCUT2D eigenvalue weighted by atomic mass is 9.68. The first-order chi connectivity index (χ1) is 25.2. The molecule has 0 radical (unpaired) electrons. The van der Waals surface area contributed by atoms with Gasteiger partial charge in [0.1, 0.15) is 5.75 Å². The van der Waals surface area contributed by atoms with Crippen molar-refractivity contribution in [3.8, 4) is 52.0 Å². The molecule has 0 amide bonds. The number of fused-ring (bicyclic) bond motifs is 3. The summed E-state index contributed by atoms with van der Waals surface area (Å²) in [5.74, 6) is 4.37. The summed E-state index contributed by atoms with van der Waals surface area (Å²) in [7, 11) is 0. The number of para-hydroxylation sites is 1. The number of nitrogens with one attached hydrogen (secondary N) is 1. The smallest absolute Gasteiger partial charge is 0.231 e. The van der Waals surface area contributed by atoms with Gasteiger partial charge < -0.3 is 10.4 Å². The molecule has 0 aliphatic heterocycles. The summed E-state index contributed by atoms with van der Waals surface area (Å²) in [4.78, 5) is 15.0. The molecule has 8 rings (SSSR count). The number of phenolic OH excluding ortho intramolecular Hbond substituents is 1. The summed E-state index contributed by atoms with van der Waals surface area (Å²) in [6.45, 7) is 0. The molecule has 1 atom stereocenters. The van der Waals surface area contributed by atoms with E-state index in [-0.39, 0.29) is 5.75 Å². The average Bonchev–Trinajstić information content (AvgIpc) is 3.82. The van der Waals surface area contributed by atoms with Crippen LogP contribution in [0, 0.1) is 12.3 Å². The van der Waals surface area contributed by atoms with Crippen molar-refractivity contribution in [3.63, 3.8) is 0 Å². The first-order valence-electron chi connectivity index (χ1n) is 17.0. The maximum atomic E-state index is 11.7. The van der Waals surface area contributed by atoms with Crippen LogP contribution in [0.15, 0.2) is 164 Å². The van der Waals surface area contributed by atoms with Gasteiger partial charge in [-0.05, 0) is 52.8 Å². The van der Waals surface area contributed by atoms with Crippen molar-refractivity contribution in [2.75, 3.05) is 5.32 Å². The van der Waals surface area contributed by atoms with E-state index in [9.17, 15) is 5.11 Å². The van der Waals surface area contributed by atoms with E-state index in [2.05, 4.69) is 71.9 Å². The lowest BCUT2D eigenvalue weighted by Gasteiger charge is -2.35. The van der Waals surface area contributed by atoms with Crippen molar-refractivity contribution >= 4 is 17.2 Å². The molecule has 51 heavy (non-hydrogen) atoms. The van der Waals surface area contributed by atoms with Gasteiger partial charge in [-0.1, -0.05) is 158 Å². The minimum absolute atomic E-state index is 0.226. The largest absolute Gasteiger partial charge is 0.508 e. The Morgan fingerprint density at radius 2 is 1.35 bits per heavy atom. The molecule has 0 saturated carbocycles. The second kappa shape index (κ2) is 13.6. The highest BCUT2D eigenvalue weighted by molar-refractivity contribution is 5.95. The lowest BCUT2D eigenvalue weighted by Crippen LogP contribution is -2.28. The molecule has 0 spiro atoms. The number of phenols is 1. The number of anilines is 2. The SMILES string of the molecule is C#C/C=C\C=C/CC1(c2ccccc2O)c2ccccc2-c2ccc(C3=CC=CC3)c(Nc3nc(-c4ccccc4)nc(-c4ccccc4)n3)c21. The maximum Gasteiger partial charge on any atom is 0.231 e.